The molecule has 0 aromatic heterocycles. The molecule has 0 fully saturated rings. The van der Waals surface area contributed by atoms with E-state index in [4.69, 9.17) is 4.74 Å². The zero-order valence-electron chi connectivity index (χ0n) is 15.4. The summed E-state index contributed by atoms with van der Waals surface area (Å²) in [6.45, 7) is 1.99. The van der Waals surface area contributed by atoms with Crippen molar-refractivity contribution < 1.29 is 19.1 Å². The van der Waals surface area contributed by atoms with Gasteiger partial charge in [0.1, 0.15) is 12.6 Å². The molecular weight excluding hydrogens is 344 g/mol. The molecule has 6 heteroatoms. The summed E-state index contributed by atoms with van der Waals surface area (Å²) < 4.78 is 5.27. The Morgan fingerprint density at radius 3 is 2.44 bits per heavy atom. The summed E-state index contributed by atoms with van der Waals surface area (Å²) in [4.78, 5) is 40.6. The lowest BCUT2D eigenvalue weighted by Gasteiger charge is -2.26. The number of esters is 1. The third-order valence-corrected chi connectivity index (χ3v) is 4.71. The van der Waals surface area contributed by atoms with E-state index in [2.05, 4.69) is 0 Å². The van der Waals surface area contributed by atoms with Crippen LogP contribution in [0.5, 0.6) is 0 Å². The van der Waals surface area contributed by atoms with Gasteiger partial charge in [0, 0.05) is 13.6 Å². The number of carbonyl (C=O) groups excluding carboxylic acids is 3. The summed E-state index contributed by atoms with van der Waals surface area (Å²) in [7, 11) is 1.66. The van der Waals surface area contributed by atoms with Gasteiger partial charge < -0.3 is 14.5 Å². The number of amides is 2. The standard InChI is InChI=1S/C21H22N2O4/c1-15-20(25)22(2)18-11-7-6-10-17(18)21(26)23(15)13-12-19(24)27-14-16-8-4-3-5-9-16/h3-11,15H,12-14H2,1-2H3. The van der Waals surface area contributed by atoms with E-state index in [-0.39, 0.29) is 31.4 Å². The van der Waals surface area contributed by atoms with Gasteiger partial charge in [-0.3, -0.25) is 14.4 Å². The van der Waals surface area contributed by atoms with Crippen LogP contribution >= 0.6 is 0 Å². The number of ether oxygens (including phenoxy) is 1. The van der Waals surface area contributed by atoms with Crippen molar-refractivity contribution in [1.82, 2.24) is 4.90 Å². The third-order valence-electron chi connectivity index (χ3n) is 4.71. The summed E-state index contributed by atoms with van der Waals surface area (Å²) in [5.74, 6) is -0.852. The van der Waals surface area contributed by atoms with E-state index in [0.29, 0.717) is 11.3 Å². The average Bonchev–Trinajstić information content (AvgIpc) is 2.77. The molecule has 0 radical (unpaired) electrons. The smallest absolute Gasteiger partial charge is 0.307 e. The van der Waals surface area contributed by atoms with Crippen LogP contribution in [0.1, 0.15) is 29.3 Å². The van der Waals surface area contributed by atoms with Gasteiger partial charge in [-0.15, -0.1) is 0 Å². The molecule has 27 heavy (non-hydrogen) atoms. The maximum absolute atomic E-state index is 12.9. The normalized spacial score (nSPS) is 16.7. The Bertz CT molecular complexity index is 850. The van der Waals surface area contributed by atoms with Gasteiger partial charge in [0.05, 0.1) is 17.7 Å². The maximum atomic E-state index is 12.9. The summed E-state index contributed by atoms with van der Waals surface area (Å²) in [5.41, 5.74) is 1.93. The second kappa shape index (κ2) is 8.03. The fourth-order valence-corrected chi connectivity index (χ4v) is 3.13. The van der Waals surface area contributed by atoms with E-state index in [1.54, 1.807) is 38.2 Å². The first-order valence-electron chi connectivity index (χ1n) is 8.86. The van der Waals surface area contributed by atoms with Crippen LogP contribution < -0.4 is 4.90 Å². The monoisotopic (exact) mass is 366 g/mol. The number of hydrogen-bond acceptors (Lipinski definition) is 4. The predicted molar refractivity (Wildman–Crippen MR) is 101 cm³/mol. The van der Waals surface area contributed by atoms with Crippen LogP contribution in [0.15, 0.2) is 54.6 Å². The molecule has 1 unspecified atom stereocenters. The summed E-state index contributed by atoms with van der Waals surface area (Å²) in [5, 5.41) is 0. The summed E-state index contributed by atoms with van der Waals surface area (Å²) in [6.07, 6.45) is 0.0298. The molecular formula is C21H22N2O4. The van der Waals surface area contributed by atoms with Crippen molar-refractivity contribution >= 4 is 23.5 Å². The maximum Gasteiger partial charge on any atom is 0.307 e. The molecule has 0 bridgehead atoms. The largest absolute Gasteiger partial charge is 0.461 e. The Kier molecular flexibility index (Phi) is 5.54. The van der Waals surface area contributed by atoms with Crippen LogP contribution in [0.3, 0.4) is 0 Å². The van der Waals surface area contributed by atoms with Crippen LogP contribution in [0.25, 0.3) is 0 Å². The first-order valence-corrected chi connectivity index (χ1v) is 8.86. The van der Waals surface area contributed by atoms with Gasteiger partial charge in [0.2, 0.25) is 5.91 Å². The molecule has 0 aliphatic carbocycles. The Balaban J connectivity index is 1.67. The van der Waals surface area contributed by atoms with E-state index in [0.717, 1.165) is 5.56 Å². The van der Waals surface area contributed by atoms with Gasteiger partial charge in [-0.2, -0.15) is 0 Å². The molecule has 140 valence electrons. The minimum atomic E-state index is -0.656. The SMILES string of the molecule is CC1C(=O)N(C)c2ccccc2C(=O)N1CCC(=O)OCc1ccccc1. The highest BCUT2D eigenvalue weighted by Gasteiger charge is 2.35. The van der Waals surface area contributed by atoms with E-state index < -0.39 is 12.0 Å². The highest BCUT2D eigenvalue weighted by Crippen LogP contribution is 2.26. The van der Waals surface area contributed by atoms with Gasteiger partial charge in [0.25, 0.3) is 5.91 Å². The molecule has 2 aromatic rings. The van der Waals surface area contributed by atoms with Gasteiger partial charge in [-0.25, -0.2) is 0 Å². The molecule has 1 atom stereocenters. The Hall–Kier alpha value is -3.15. The minimum Gasteiger partial charge on any atom is -0.461 e. The number of rotatable bonds is 5. The van der Waals surface area contributed by atoms with Crippen LogP contribution in [0, 0.1) is 0 Å². The van der Waals surface area contributed by atoms with Crippen molar-refractivity contribution in [2.75, 3.05) is 18.5 Å². The molecule has 6 nitrogen and oxygen atoms in total. The fourth-order valence-electron chi connectivity index (χ4n) is 3.13. The number of para-hydroxylation sites is 1. The topological polar surface area (TPSA) is 66.9 Å². The molecule has 2 amide bonds. The second-order valence-corrected chi connectivity index (χ2v) is 6.49. The Labute approximate surface area is 158 Å². The molecule has 2 aromatic carbocycles. The number of benzene rings is 2. The quantitative estimate of drug-likeness (QED) is 0.763. The van der Waals surface area contributed by atoms with Crippen molar-refractivity contribution in [3.8, 4) is 0 Å². The van der Waals surface area contributed by atoms with Crippen LogP contribution in [0.4, 0.5) is 5.69 Å². The van der Waals surface area contributed by atoms with Crippen LogP contribution in [0.2, 0.25) is 0 Å². The zero-order valence-corrected chi connectivity index (χ0v) is 15.4. The van der Waals surface area contributed by atoms with Crippen LogP contribution in [-0.4, -0.2) is 42.3 Å². The fraction of sp³-hybridized carbons (Fsp3) is 0.286. The van der Waals surface area contributed by atoms with Crippen molar-refractivity contribution in [2.45, 2.75) is 26.0 Å². The van der Waals surface area contributed by atoms with Gasteiger partial charge in [-0.05, 0) is 24.6 Å². The number of likely N-dealkylation sites (N-methyl/N-ethyl adjacent to an activating group) is 1. The zero-order chi connectivity index (χ0) is 19.4. The first-order chi connectivity index (χ1) is 13.0. The molecule has 1 aliphatic rings. The average molecular weight is 366 g/mol. The molecule has 0 N–H and O–H groups in total. The number of fused-ring (bicyclic) bond motifs is 1. The van der Waals surface area contributed by atoms with Crippen molar-refractivity contribution in [1.29, 1.82) is 0 Å². The Morgan fingerprint density at radius 1 is 1.04 bits per heavy atom. The lowest BCUT2D eigenvalue weighted by atomic mass is 10.1. The number of anilines is 1. The first kappa shape index (κ1) is 18.6. The minimum absolute atomic E-state index is 0.0298. The van der Waals surface area contributed by atoms with E-state index in [1.165, 1.54) is 9.80 Å². The van der Waals surface area contributed by atoms with Crippen molar-refractivity contribution in [2.24, 2.45) is 0 Å². The summed E-state index contributed by atoms with van der Waals surface area (Å²) in [6, 6.07) is 15.7. The number of carbonyl (C=O) groups is 3. The van der Waals surface area contributed by atoms with Gasteiger partial charge in [0.15, 0.2) is 0 Å². The van der Waals surface area contributed by atoms with Gasteiger partial charge in [-0.1, -0.05) is 42.5 Å². The lowest BCUT2D eigenvalue weighted by molar-refractivity contribution is -0.145. The molecule has 0 saturated carbocycles. The third kappa shape index (κ3) is 4.00. The van der Waals surface area contributed by atoms with Crippen molar-refractivity contribution in [3.63, 3.8) is 0 Å². The van der Waals surface area contributed by atoms with E-state index in [1.807, 2.05) is 30.3 Å². The molecule has 0 spiro atoms. The van der Waals surface area contributed by atoms with Gasteiger partial charge >= 0.3 is 5.97 Å². The predicted octanol–water partition coefficient (Wildman–Crippen LogP) is 2.63. The van der Waals surface area contributed by atoms with E-state index in [9.17, 15) is 14.4 Å². The van der Waals surface area contributed by atoms with Crippen molar-refractivity contribution in [3.05, 3.63) is 65.7 Å². The molecule has 0 saturated heterocycles. The highest BCUT2D eigenvalue weighted by molar-refractivity contribution is 6.10. The number of nitrogens with zero attached hydrogens (tertiary/aromatic N) is 2. The lowest BCUT2D eigenvalue weighted by Crippen LogP contribution is -2.46. The van der Waals surface area contributed by atoms with Crippen LogP contribution in [-0.2, 0) is 20.9 Å². The highest BCUT2D eigenvalue weighted by atomic mass is 16.5. The molecule has 1 heterocycles. The molecule has 1 aliphatic heterocycles. The molecule has 3 rings (SSSR count). The number of hydrogen-bond donors (Lipinski definition) is 0. The van der Waals surface area contributed by atoms with E-state index >= 15 is 0 Å². The Morgan fingerprint density at radius 2 is 1.70 bits per heavy atom. The summed E-state index contributed by atoms with van der Waals surface area (Å²) >= 11 is 0. The second-order valence-electron chi connectivity index (χ2n) is 6.49.